The zero-order valence-electron chi connectivity index (χ0n) is 17.6. The molecule has 0 unspecified atom stereocenters. The van der Waals surface area contributed by atoms with Gasteiger partial charge in [0.25, 0.3) is 0 Å². The number of likely N-dealkylation sites (tertiary alicyclic amines) is 1. The Kier molecular flexibility index (Phi) is 7.17. The van der Waals surface area contributed by atoms with Crippen molar-refractivity contribution in [1.29, 1.82) is 0 Å². The first kappa shape index (κ1) is 21.5. The molecule has 7 heteroatoms. The average Bonchev–Trinajstić information content (AvgIpc) is 2.79. The summed E-state index contributed by atoms with van der Waals surface area (Å²) in [6.45, 7) is 1.11. The molecule has 1 N–H and O–H groups in total. The highest BCUT2D eigenvalue weighted by molar-refractivity contribution is 5.92. The van der Waals surface area contributed by atoms with Crippen LogP contribution in [0.1, 0.15) is 18.4 Å². The number of anilines is 1. The number of amides is 2. The topological polar surface area (TPSA) is 77.1 Å². The number of para-hydroxylation sites is 1. The highest BCUT2D eigenvalue weighted by Crippen LogP contribution is 2.40. The van der Waals surface area contributed by atoms with E-state index in [1.54, 1.807) is 20.3 Å². The number of nitrogens with one attached hydrogen (secondary N) is 1. The fourth-order valence-electron chi connectivity index (χ4n) is 3.73. The summed E-state index contributed by atoms with van der Waals surface area (Å²) in [5, 5.41) is 2.95. The molecule has 160 valence electrons. The first-order valence-corrected chi connectivity index (χ1v) is 9.99. The molecule has 0 aromatic heterocycles. The molecule has 0 spiro atoms. The molecule has 7 nitrogen and oxygen atoms in total. The lowest BCUT2D eigenvalue weighted by molar-refractivity contribution is -0.133. The number of nitrogens with zero attached hydrogens (tertiary/aromatic N) is 1. The van der Waals surface area contributed by atoms with Crippen LogP contribution in [0.25, 0.3) is 0 Å². The van der Waals surface area contributed by atoms with Crippen LogP contribution < -0.4 is 19.5 Å². The van der Waals surface area contributed by atoms with E-state index >= 15 is 0 Å². The Labute approximate surface area is 176 Å². The van der Waals surface area contributed by atoms with Gasteiger partial charge in [-0.1, -0.05) is 24.3 Å². The summed E-state index contributed by atoms with van der Waals surface area (Å²) < 4.78 is 16.2. The standard InChI is InChI=1S/C23H28N2O5/c1-28-19-10-9-17(21(29-2)22(19)30-3)15-20(26)25-13-11-16(12-14-25)23(27)24-18-7-5-4-6-8-18/h4-10,16H,11-15H2,1-3H3,(H,24,27). The van der Waals surface area contributed by atoms with Gasteiger partial charge in [-0.3, -0.25) is 9.59 Å². The van der Waals surface area contributed by atoms with Gasteiger partial charge in [0.1, 0.15) is 0 Å². The number of piperidine rings is 1. The van der Waals surface area contributed by atoms with E-state index < -0.39 is 0 Å². The maximum atomic E-state index is 12.9. The zero-order chi connectivity index (χ0) is 21.5. The second-order valence-corrected chi connectivity index (χ2v) is 7.18. The van der Waals surface area contributed by atoms with Crippen LogP contribution in [0.5, 0.6) is 17.2 Å². The molecular weight excluding hydrogens is 384 g/mol. The number of ether oxygens (including phenoxy) is 3. The Hall–Kier alpha value is -3.22. The molecule has 0 bridgehead atoms. The second kappa shape index (κ2) is 10.0. The fourth-order valence-corrected chi connectivity index (χ4v) is 3.73. The Morgan fingerprint density at radius 2 is 1.60 bits per heavy atom. The van der Waals surface area contributed by atoms with Gasteiger partial charge >= 0.3 is 0 Å². The summed E-state index contributed by atoms with van der Waals surface area (Å²) in [4.78, 5) is 27.2. The summed E-state index contributed by atoms with van der Waals surface area (Å²) in [5.74, 6) is 1.45. The maximum absolute atomic E-state index is 12.9. The van der Waals surface area contributed by atoms with Crippen molar-refractivity contribution in [3.05, 3.63) is 48.0 Å². The van der Waals surface area contributed by atoms with Crippen LogP contribution in [0.4, 0.5) is 5.69 Å². The first-order chi connectivity index (χ1) is 14.6. The normalized spacial score (nSPS) is 14.2. The van der Waals surface area contributed by atoms with E-state index in [1.165, 1.54) is 7.11 Å². The lowest BCUT2D eigenvalue weighted by Gasteiger charge is -2.31. The van der Waals surface area contributed by atoms with Crippen LogP contribution in [0.3, 0.4) is 0 Å². The molecule has 1 saturated heterocycles. The molecule has 0 saturated carbocycles. The van der Waals surface area contributed by atoms with Gasteiger partial charge in [0.05, 0.1) is 27.8 Å². The third-order valence-electron chi connectivity index (χ3n) is 5.39. The van der Waals surface area contributed by atoms with Crippen molar-refractivity contribution in [2.45, 2.75) is 19.3 Å². The van der Waals surface area contributed by atoms with Crippen molar-refractivity contribution in [2.75, 3.05) is 39.7 Å². The molecule has 3 rings (SSSR count). The third-order valence-corrected chi connectivity index (χ3v) is 5.39. The van der Waals surface area contributed by atoms with Crippen molar-refractivity contribution in [2.24, 2.45) is 5.92 Å². The smallest absolute Gasteiger partial charge is 0.227 e. The number of methoxy groups -OCH3 is 3. The van der Waals surface area contributed by atoms with Gasteiger partial charge in [-0.2, -0.15) is 0 Å². The molecule has 1 aliphatic rings. The maximum Gasteiger partial charge on any atom is 0.227 e. The summed E-state index contributed by atoms with van der Waals surface area (Å²) >= 11 is 0. The van der Waals surface area contributed by atoms with Gasteiger partial charge in [0.2, 0.25) is 17.6 Å². The molecule has 2 amide bonds. The minimum absolute atomic E-state index is 0.00226. The number of hydrogen-bond donors (Lipinski definition) is 1. The largest absolute Gasteiger partial charge is 0.493 e. The highest BCUT2D eigenvalue weighted by atomic mass is 16.5. The molecule has 0 aliphatic carbocycles. The lowest BCUT2D eigenvalue weighted by atomic mass is 9.95. The molecule has 1 aliphatic heterocycles. The van der Waals surface area contributed by atoms with E-state index in [2.05, 4.69) is 5.32 Å². The molecular formula is C23H28N2O5. The second-order valence-electron chi connectivity index (χ2n) is 7.18. The Morgan fingerprint density at radius 1 is 0.933 bits per heavy atom. The Morgan fingerprint density at radius 3 is 2.20 bits per heavy atom. The van der Waals surface area contributed by atoms with E-state index in [0.717, 1.165) is 11.3 Å². The van der Waals surface area contributed by atoms with Crippen molar-refractivity contribution in [3.8, 4) is 17.2 Å². The monoisotopic (exact) mass is 412 g/mol. The molecule has 1 fully saturated rings. The van der Waals surface area contributed by atoms with Crippen molar-refractivity contribution in [1.82, 2.24) is 4.90 Å². The summed E-state index contributed by atoms with van der Waals surface area (Å²) in [7, 11) is 4.64. The summed E-state index contributed by atoms with van der Waals surface area (Å²) in [6, 6.07) is 13.0. The Bertz CT molecular complexity index is 877. The average molecular weight is 412 g/mol. The molecule has 1 heterocycles. The van der Waals surface area contributed by atoms with E-state index in [0.29, 0.717) is 43.2 Å². The van der Waals surface area contributed by atoms with Gasteiger partial charge in [-0.15, -0.1) is 0 Å². The number of carbonyl (C=O) groups excluding carboxylic acids is 2. The lowest BCUT2D eigenvalue weighted by Crippen LogP contribution is -2.42. The number of benzene rings is 2. The van der Waals surface area contributed by atoms with Crippen LogP contribution in [0.2, 0.25) is 0 Å². The quantitative estimate of drug-likeness (QED) is 0.756. The van der Waals surface area contributed by atoms with Crippen LogP contribution in [0, 0.1) is 5.92 Å². The molecule has 0 radical (unpaired) electrons. The molecule has 2 aromatic rings. The number of rotatable bonds is 7. The van der Waals surface area contributed by atoms with Crippen LogP contribution >= 0.6 is 0 Å². The van der Waals surface area contributed by atoms with Gasteiger partial charge in [0, 0.05) is 30.3 Å². The fraction of sp³-hybridized carbons (Fsp3) is 0.391. The number of carbonyl (C=O) groups is 2. The molecule has 0 atom stereocenters. The molecule has 2 aromatic carbocycles. The van der Waals surface area contributed by atoms with Gasteiger partial charge in [-0.05, 0) is 31.0 Å². The first-order valence-electron chi connectivity index (χ1n) is 9.99. The van der Waals surface area contributed by atoms with Crippen LogP contribution in [-0.4, -0.2) is 51.1 Å². The minimum Gasteiger partial charge on any atom is -0.493 e. The van der Waals surface area contributed by atoms with E-state index in [9.17, 15) is 9.59 Å². The predicted octanol–water partition coefficient (Wildman–Crippen LogP) is 3.13. The molecule has 30 heavy (non-hydrogen) atoms. The van der Waals surface area contributed by atoms with E-state index in [1.807, 2.05) is 41.3 Å². The zero-order valence-corrected chi connectivity index (χ0v) is 17.6. The predicted molar refractivity (Wildman–Crippen MR) is 114 cm³/mol. The van der Waals surface area contributed by atoms with Crippen molar-refractivity contribution in [3.63, 3.8) is 0 Å². The van der Waals surface area contributed by atoms with E-state index in [-0.39, 0.29) is 24.2 Å². The van der Waals surface area contributed by atoms with E-state index in [4.69, 9.17) is 14.2 Å². The van der Waals surface area contributed by atoms with Crippen LogP contribution in [-0.2, 0) is 16.0 Å². The SMILES string of the molecule is COc1ccc(CC(=O)N2CCC(C(=O)Nc3ccccc3)CC2)c(OC)c1OC. The third kappa shape index (κ3) is 4.84. The van der Waals surface area contributed by atoms with Crippen molar-refractivity contribution < 1.29 is 23.8 Å². The number of hydrogen-bond acceptors (Lipinski definition) is 5. The van der Waals surface area contributed by atoms with Crippen molar-refractivity contribution >= 4 is 17.5 Å². The minimum atomic E-state index is -0.0927. The highest BCUT2D eigenvalue weighted by Gasteiger charge is 2.28. The summed E-state index contributed by atoms with van der Waals surface area (Å²) in [6.07, 6.45) is 1.49. The summed E-state index contributed by atoms with van der Waals surface area (Å²) in [5.41, 5.74) is 1.53. The van der Waals surface area contributed by atoms with Gasteiger partial charge in [0.15, 0.2) is 11.5 Å². The Balaban J connectivity index is 1.59. The van der Waals surface area contributed by atoms with Crippen LogP contribution in [0.15, 0.2) is 42.5 Å². The van der Waals surface area contributed by atoms with Gasteiger partial charge < -0.3 is 24.4 Å². The van der Waals surface area contributed by atoms with Gasteiger partial charge in [-0.25, -0.2) is 0 Å².